The zero-order valence-corrected chi connectivity index (χ0v) is 6.02. The molecule has 2 N–H and O–H groups in total. The lowest BCUT2D eigenvalue weighted by molar-refractivity contribution is -0.122. The number of nitrogens with one attached hydrogen (secondary N) is 2. The van der Waals surface area contributed by atoms with E-state index in [1.807, 2.05) is 0 Å². The van der Waals surface area contributed by atoms with Crippen molar-refractivity contribution >= 4 is 5.91 Å². The molecule has 1 saturated heterocycles. The van der Waals surface area contributed by atoms with Gasteiger partial charge < -0.3 is 15.4 Å². The van der Waals surface area contributed by atoms with Gasteiger partial charge in [-0.2, -0.15) is 0 Å². The molecule has 0 radical (unpaired) electrons. The van der Waals surface area contributed by atoms with Crippen molar-refractivity contribution in [3.63, 3.8) is 0 Å². The van der Waals surface area contributed by atoms with E-state index in [0.717, 1.165) is 6.54 Å². The highest BCUT2D eigenvalue weighted by Gasteiger charge is 2.16. The number of carbonyl (C=O) groups excluding carboxylic acids is 1. The van der Waals surface area contributed by atoms with Crippen molar-refractivity contribution in [3.05, 3.63) is 0 Å². The summed E-state index contributed by atoms with van der Waals surface area (Å²) in [4.78, 5) is 10.7. The molecular formula is C6H12N2O2. The second-order valence-corrected chi connectivity index (χ2v) is 2.35. The molecule has 1 rings (SSSR count). The number of methoxy groups -OCH3 is 1. The minimum Gasteiger partial charge on any atom is -0.383 e. The van der Waals surface area contributed by atoms with Gasteiger partial charge in [0.25, 0.3) is 0 Å². The van der Waals surface area contributed by atoms with Crippen molar-refractivity contribution in [2.75, 3.05) is 26.8 Å². The van der Waals surface area contributed by atoms with E-state index in [2.05, 4.69) is 10.6 Å². The number of ether oxygens (including phenoxy) is 1. The Labute approximate surface area is 59.9 Å². The maximum Gasteiger partial charge on any atom is 0.234 e. The topological polar surface area (TPSA) is 50.4 Å². The van der Waals surface area contributed by atoms with E-state index in [-0.39, 0.29) is 11.9 Å². The minimum absolute atomic E-state index is 0.0494. The van der Waals surface area contributed by atoms with Gasteiger partial charge in [0, 0.05) is 13.7 Å². The summed E-state index contributed by atoms with van der Waals surface area (Å²) in [5.41, 5.74) is 0. The monoisotopic (exact) mass is 144 g/mol. The lowest BCUT2D eigenvalue weighted by atomic mass is 10.2. The third-order valence-electron chi connectivity index (χ3n) is 1.41. The summed E-state index contributed by atoms with van der Waals surface area (Å²) in [6.45, 7) is 1.82. The second kappa shape index (κ2) is 3.53. The van der Waals surface area contributed by atoms with Gasteiger partial charge in [0.05, 0.1) is 19.2 Å². The fourth-order valence-electron chi connectivity index (χ4n) is 0.991. The first kappa shape index (κ1) is 7.50. The zero-order chi connectivity index (χ0) is 7.40. The average molecular weight is 144 g/mol. The van der Waals surface area contributed by atoms with Gasteiger partial charge in [-0.25, -0.2) is 0 Å². The fourth-order valence-corrected chi connectivity index (χ4v) is 0.991. The van der Waals surface area contributed by atoms with Gasteiger partial charge in [-0.05, 0) is 0 Å². The molecule has 4 nitrogen and oxygen atoms in total. The summed E-state index contributed by atoms with van der Waals surface area (Å²) >= 11 is 0. The molecule has 0 aromatic heterocycles. The SMILES string of the molecule is COC[C@@H]1CNCC(=O)N1. The van der Waals surface area contributed by atoms with Crippen molar-refractivity contribution in [2.45, 2.75) is 6.04 Å². The molecule has 1 aliphatic rings. The van der Waals surface area contributed by atoms with Gasteiger partial charge in [-0.15, -0.1) is 0 Å². The van der Waals surface area contributed by atoms with Crippen LogP contribution >= 0.6 is 0 Å². The normalized spacial score (nSPS) is 26.1. The quantitative estimate of drug-likeness (QED) is 0.507. The smallest absolute Gasteiger partial charge is 0.234 e. The Bertz CT molecular complexity index is 125. The van der Waals surface area contributed by atoms with Crippen LogP contribution in [-0.2, 0) is 9.53 Å². The summed E-state index contributed by atoms with van der Waals surface area (Å²) in [7, 11) is 1.63. The summed E-state index contributed by atoms with van der Waals surface area (Å²) in [6.07, 6.45) is 0. The minimum atomic E-state index is 0.0494. The number of hydrogen-bond acceptors (Lipinski definition) is 3. The number of piperazine rings is 1. The molecule has 58 valence electrons. The van der Waals surface area contributed by atoms with Gasteiger partial charge in [0.15, 0.2) is 0 Å². The Morgan fingerprint density at radius 1 is 1.80 bits per heavy atom. The van der Waals surface area contributed by atoms with Crippen LogP contribution in [0.5, 0.6) is 0 Å². The van der Waals surface area contributed by atoms with E-state index in [1.165, 1.54) is 0 Å². The van der Waals surface area contributed by atoms with Crippen LogP contribution in [0, 0.1) is 0 Å². The summed E-state index contributed by atoms with van der Waals surface area (Å²) in [5.74, 6) is 0.0494. The van der Waals surface area contributed by atoms with Crippen LogP contribution in [0.15, 0.2) is 0 Å². The Kier molecular flexibility index (Phi) is 2.65. The molecule has 10 heavy (non-hydrogen) atoms. The van der Waals surface area contributed by atoms with Crippen LogP contribution in [0.2, 0.25) is 0 Å². The number of amides is 1. The molecule has 0 bridgehead atoms. The summed E-state index contributed by atoms with van der Waals surface area (Å²) in [5, 5.41) is 5.77. The molecular weight excluding hydrogens is 132 g/mol. The predicted octanol–water partition coefficient (Wildman–Crippen LogP) is -1.28. The van der Waals surface area contributed by atoms with E-state index in [9.17, 15) is 4.79 Å². The molecule has 1 aliphatic heterocycles. The molecule has 1 atom stereocenters. The first-order valence-electron chi connectivity index (χ1n) is 3.32. The maximum absolute atomic E-state index is 10.7. The number of carbonyl (C=O) groups is 1. The number of hydrogen-bond donors (Lipinski definition) is 2. The largest absolute Gasteiger partial charge is 0.383 e. The van der Waals surface area contributed by atoms with Crippen LogP contribution < -0.4 is 10.6 Å². The Morgan fingerprint density at radius 2 is 2.60 bits per heavy atom. The van der Waals surface area contributed by atoms with Gasteiger partial charge in [0.1, 0.15) is 0 Å². The molecule has 0 saturated carbocycles. The van der Waals surface area contributed by atoms with Crippen molar-refractivity contribution in [2.24, 2.45) is 0 Å². The highest BCUT2D eigenvalue weighted by Crippen LogP contribution is 1.87. The fraction of sp³-hybridized carbons (Fsp3) is 0.833. The van der Waals surface area contributed by atoms with Crippen LogP contribution in [0.25, 0.3) is 0 Å². The maximum atomic E-state index is 10.7. The Morgan fingerprint density at radius 3 is 3.20 bits per heavy atom. The van der Waals surface area contributed by atoms with Crippen molar-refractivity contribution in [3.8, 4) is 0 Å². The molecule has 0 aromatic rings. The molecule has 1 amide bonds. The van der Waals surface area contributed by atoms with E-state index >= 15 is 0 Å². The predicted molar refractivity (Wildman–Crippen MR) is 36.7 cm³/mol. The third kappa shape index (κ3) is 1.97. The van der Waals surface area contributed by atoms with Crippen LogP contribution in [0.4, 0.5) is 0 Å². The first-order valence-corrected chi connectivity index (χ1v) is 3.32. The number of rotatable bonds is 2. The van der Waals surface area contributed by atoms with Crippen molar-refractivity contribution in [1.82, 2.24) is 10.6 Å². The third-order valence-corrected chi connectivity index (χ3v) is 1.41. The molecule has 1 fully saturated rings. The molecule has 0 spiro atoms. The van der Waals surface area contributed by atoms with Gasteiger partial charge in [-0.1, -0.05) is 0 Å². The van der Waals surface area contributed by atoms with Crippen LogP contribution in [0.3, 0.4) is 0 Å². The standard InChI is InChI=1S/C6H12N2O2/c1-10-4-5-2-7-3-6(9)8-5/h5,7H,2-4H2,1H3,(H,8,9)/t5-/m0/s1. The lowest BCUT2D eigenvalue weighted by Gasteiger charge is -2.23. The van der Waals surface area contributed by atoms with E-state index in [0.29, 0.717) is 13.2 Å². The average Bonchev–Trinajstić information content (AvgIpc) is 1.88. The first-order chi connectivity index (χ1) is 4.83. The second-order valence-electron chi connectivity index (χ2n) is 2.35. The van der Waals surface area contributed by atoms with E-state index in [1.54, 1.807) is 7.11 Å². The summed E-state index contributed by atoms with van der Waals surface area (Å²) in [6, 6.07) is 0.145. The van der Waals surface area contributed by atoms with Crippen LogP contribution in [0.1, 0.15) is 0 Å². The molecule has 0 aromatic carbocycles. The highest BCUT2D eigenvalue weighted by atomic mass is 16.5. The van der Waals surface area contributed by atoms with Crippen molar-refractivity contribution in [1.29, 1.82) is 0 Å². The molecule has 0 aliphatic carbocycles. The summed E-state index contributed by atoms with van der Waals surface area (Å²) < 4.78 is 4.87. The lowest BCUT2D eigenvalue weighted by Crippen LogP contribution is -2.53. The van der Waals surface area contributed by atoms with Crippen molar-refractivity contribution < 1.29 is 9.53 Å². The molecule has 0 unspecified atom stereocenters. The van der Waals surface area contributed by atoms with E-state index in [4.69, 9.17) is 4.74 Å². The van der Waals surface area contributed by atoms with Gasteiger partial charge in [-0.3, -0.25) is 4.79 Å². The Hall–Kier alpha value is -0.610. The van der Waals surface area contributed by atoms with E-state index < -0.39 is 0 Å². The zero-order valence-electron chi connectivity index (χ0n) is 6.02. The van der Waals surface area contributed by atoms with Crippen LogP contribution in [-0.4, -0.2) is 38.8 Å². The van der Waals surface area contributed by atoms with Gasteiger partial charge in [0.2, 0.25) is 5.91 Å². The van der Waals surface area contributed by atoms with Gasteiger partial charge >= 0.3 is 0 Å². The molecule has 4 heteroatoms. The Balaban J connectivity index is 2.25. The highest BCUT2D eigenvalue weighted by molar-refractivity contribution is 5.79. The molecule has 1 heterocycles.